The molecule has 152 valence electrons. The predicted octanol–water partition coefficient (Wildman–Crippen LogP) is 1.89. The van der Waals surface area contributed by atoms with E-state index in [0.29, 0.717) is 29.5 Å². The monoisotopic (exact) mass is 424 g/mol. The molecule has 1 N–H and O–H groups in total. The Balaban J connectivity index is 1.95. The van der Waals surface area contributed by atoms with Crippen LogP contribution >= 0.6 is 11.8 Å². The molecule has 0 fully saturated rings. The molecule has 1 aromatic carbocycles. The van der Waals surface area contributed by atoms with E-state index in [1.807, 2.05) is 18.4 Å². The fraction of sp³-hybridized carbons (Fsp3) is 0.471. The van der Waals surface area contributed by atoms with Crippen LogP contribution in [0.5, 0.6) is 0 Å². The van der Waals surface area contributed by atoms with E-state index in [-0.39, 0.29) is 10.6 Å². The van der Waals surface area contributed by atoms with E-state index < -0.39 is 10.0 Å². The van der Waals surface area contributed by atoms with Crippen molar-refractivity contribution in [2.24, 2.45) is 0 Å². The van der Waals surface area contributed by atoms with Crippen molar-refractivity contribution >= 4 is 32.8 Å². The second-order valence-electron chi connectivity index (χ2n) is 6.46. The molecule has 2 heterocycles. The number of rotatable bonds is 8. The van der Waals surface area contributed by atoms with Gasteiger partial charge in [-0.3, -0.25) is 4.57 Å². The van der Waals surface area contributed by atoms with E-state index in [0.717, 1.165) is 17.8 Å². The molecule has 0 bridgehead atoms. The Hall–Kier alpha value is -2.11. The van der Waals surface area contributed by atoms with E-state index in [2.05, 4.69) is 15.2 Å². The number of sulfonamides is 1. The van der Waals surface area contributed by atoms with Gasteiger partial charge in [-0.25, -0.2) is 27.6 Å². The van der Waals surface area contributed by atoms with Gasteiger partial charge in [-0.15, -0.1) is 5.10 Å². The van der Waals surface area contributed by atoms with Crippen molar-refractivity contribution in [1.82, 2.24) is 28.6 Å². The quantitative estimate of drug-likeness (QED) is 0.554. The molecule has 0 radical (unpaired) electrons. The third-order valence-corrected chi connectivity index (χ3v) is 7.18. The van der Waals surface area contributed by atoms with Crippen LogP contribution in [0.4, 0.5) is 0 Å². The van der Waals surface area contributed by atoms with Crippen LogP contribution in [-0.2, 0) is 28.9 Å². The number of aromatic nitrogens is 5. The Morgan fingerprint density at radius 2 is 1.96 bits per heavy atom. The van der Waals surface area contributed by atoms with Gasteiger partial charge < -0.3 is 4.57 Å². The topological polar surface area (TPSA) is 106 Å². The van der Waals surface area contributed by atoms with Crippen LogP contribution in [0, 0.1) is 0 Å². The summed E-state index contributed by atoms with van der Waals surface area (Å²) < 4.78 is 29.6. The van der Waals surface area contributed by atoms with Gasteiger partial charge in [0.15, 0.2) is 5.16 Å². The van der Waals surface area contributed by atoms with Gasteiger partial charge >= 0.3 is 5.69 Å². The number of imidazole rings is 1. The molecule has 0 aliphatic carbocycles. The van der Waals surface area contributed by atoms with E-state index in [1.165, 1.54) is 30.2 Å². The normalized spacial score (nSPS) is 12.3. The zero-order valence-corrected chi connectivity index (χ0v) is 18.0. The summed E-state index contributed by atoms with van der Waals surface area (Å²) in [5.41, 5.74) is 1.30. The highest BCUT2D eigenvalue weighted by Crippen LogP contribution is 2.26. The van der Waals surface area contributed by atoms with Gasteiger partial charge in [0.1, 0.15) is 5.82 Å². The summed E-state index contributed by atoms with van der Waals surface area (Å²) >= 11 is 1.43. The minimum Gasteiger partial charge on any atom is -0.328 e. The molecule has 28 heavy (non-hydrogen) atoms. The highest BCUT2D eigenvalue weighted by Gasteiger charge is 2.20. The van der Waals surface area contributed by atoms with E-state index in [1.54, 1.807) is 22.8 Å². The van der Waals surface area contributed by atoms with Gasteiger partial charge in [-0.1, -0.05) is 18.7 Å². The van der Waals surface area contributed by atoms with E-state index in [9.17, 15) is 13.2 Å². The maximum atomic E-state index is 12.4. The van der Waals surface area contributed by atoms with Gasteiger partial charge in [0, 0.05) is 27.2 Å². The number of nitrogens with zero attached hydrogens (tertiary/aromatic N) is 5. The molecule has 0 atom stereocenters. The summed E-state index contributed by atoms with van der Waals surface area (Å²) in [5, 5.41) is 7.20. The fourth-order valence-corrected chi connectivity index (χ4v) is 4.80. The number of aromatic amines is 1. The van der Waals surface area contributed by atoms with Crippen molar-refractivity contribution < 1.29 is 8.42 Å². The third-order valence-electron chi connectivity index (χ3n) is 4.39. The van der Waals surface area contributed by atoms with Crippen molar-refractivity contribution in [2.75, 3.05) is 14.1 Å². The van der Waals surface area contributed by atoms with Gasteiger partial charge in [0.2, 0.25) is 10.0 Å². The lowest BCUT2D eigenvalue weighted by molar-refractivity contribution is 0.521. The average Bonchev–Trinajstić information content (AvgIpc) is 3.19. The Kier molecular flexibility index (Phi) is 5.96. The van der Waals surface area contributed by atoms with Gasteiger partial charge in [0.05, 0.1) is 21.7 Å². The lowest BCUT2D eigenvalue weighted by Gasteiger charge is -2.11. The number of nitrogens with one attached hydrogen (secondary N) is 1. The largest absolute Gasteiger partial charge is 0.343 e. The average molecular weight is 425 g/mol. The lowest BCUT2D eigenvalue weighted by atomic mass is 10.3. The molecule has 2 aromatic heterocycles. The highest BCUT2D eigenvalue weighted by atomic mass is 32.2. The molecule has 0 aliphatic heterocycles. The second kappa shape index (κ2) is 8.10. The minimum absolute atomic E-state index is 0.216. The Bertz CT molecular complexity index is 1140. The number of hydrogen-bond acceptors (Lipinski definition) is 6. The summed E-state index contributed by atoms with van der Waals surface area (Å²) in [6.45, 7) is 5.33. The van der Waals surface area contributed by atoms with Crippen molar-refractivity contribution in [1.29, 1.82) is 0 Å². The highest BCUT2D eigenvalue weighted by molar-refractivity contribution is 7.98. The first-order valence-electron chi connectivity index (χ1n) is 8.99. The minimum atomic E-state index is -3.52. The predicted molar refractivity (Wildman–Crippen MR) is 109 cm³/mol. The molecule has 3 rings (SSSR count). The molecule has 0 aliphatic rings. The second-order valence-corrected chi connectivity index (χ2v) is 9.56. The molecule has 3 aromatic rings. The third kappa shape index (κ3) is 3.74. The molecule has 0 saturated carbocycles. The summed E-state index contributed by atoms with van der Waals surface area (Å²) in [5.74, 6) is 1.33. The number of H-pyrrole nitrogens is 1. The lowest BCUT2D eigenvalue weighted by Crippen LogP contribution is -2.22. The van der Waals surface area contributed by atoms with Crippen LogP contribution in [0.3, 0.4) is 0 Å². The summed E-state index contributed by atoms with van der Waals surface area (Å²) in [7, 11) is -0.505. The molecule has 9 nitrogen and oxygen atoms in total. The fourth-order valence-electron chi connectivity index (χ4n) is 2.96. The van der Waals surface area contributed by atoms with Gasteiger partial charge in [-0.2, -0.15) is 0 Å². The maximum absolute atomic E-state index is 12.4. The first-order valence-corrected chi connectivity index (χ1v) is 11.4. The standard InChI is InChI=1S/C17H24N6O3S2/c1-5-9-23-16(24)19-20-17(23)27-11-15-18-13-10-12(28(25,26)21(3)4)7-8-14(13)22(15)6-2/h7-8,10H,5-6,9,11H2,1-4H3,(H,19,24). The van der Waals surface area contributed by atoms with Crippen molar-refractivity contribution in [3.05, 3.63) is 34.5 Å². The molecule has 11 heteroatoms. The van der Waals surface area contributed by atoms with Gasteiger partial charge in [0.25, 0.3) is 0 Å². The van der Waals surface area contributed by atoms with E-state index >= 15 is 0 Å². The molecular weight excluding hydrogens is 400 g/mol. The number of aryl methyl sites for hydroxylation is 1. The van der Waals surface area contributed by atoms with E-state index in [4.69, 9.17) is 0 Å². The molecular formula is C17H24N6O3S2. The Morgan fingerprint density at radius 3 is 2.61 bits per heavy atom. The van der Waals surface area contributed by atoms with Crippen LogP contribution in [0.25, 0.3) is 11.0 Å². The van der Waals surface area contributed by atoms with Crippen molar-refractivity contribution in [3.8, 4) is 0 Å². The smallest absolute Gasteiger partial charge is 0.328 e. The number of hydrogen-bond donors (Lipinski definition) is 1. The maximum Gasteiger partial charge on any atom is 0.343 e. The van der Waals surface area contributed by atoms with Crippen molar-refractivity contribution in [3.63, 3.8) is 0 Å². The van der Waals surface area contributed by atoms with Crippen LogP contribution in [0.15, 0.2) is 33.0 Å². The molecule has 0 spiro atoms. The summed E-state index contributed by atoms with van der Waals surface area (Å²) in [6, 6.07) is 5.00. The zero-order valence-electron chi connectivity index (χ0n) is 16.3. The first kappa shape index (κ1) is 20.6. The van der Waals surface area contributed by atoms with Crippen LogP contribution in [0.2, 0.25) is 0 Å². The summed E-state index contributed by atoms with van der Waals surface area (Å²) in [6.07, 6.45) is 0.837. The number of fused-ring (bicyclic) bond motifs is 1. The Labute approximate surface area is 167 Å². The van der Waals surface area contributed by atoms with Crippen LogP contribution in [0.1, 0.15) is 26.1 Å². The summed E-state index contributed by atoms with van der Waals surface area (Å²) in [4.78, 5) is 16.7. The Morgan fingerprint density at radius 1 is 1.21 bits per heavy atom. The molecule has 0 saturated heterocycles. The number of benzene rings is 1. The zero-order chi connectivity index (χ0) is 20.5. The first-order chi connectivity index (χ1) is 13.3. The van der Waals surface area contributed by atoms with Crippen LogP contribution < -0.4 is 5.69 Å². The van der Waals surface area contributed by atoms with Gasteiger partial charge in [-0.05, 0) is 31.5 Å². The number of thioether (sulfide) groups is 1. The molecule has 0 unspecified atom stereocenters. The van der Waals surface area contributed by atoms with Crippen LogP contribution in [-0.4, -0.2) is 51.1 Å². The molecule has 0 amide bonds. The SMILES string of the molecule is CCCn1c(SCc2nc3cc(S(=O)(=O)N(C)C)ccc3n2CC)n[nH]c1=O. The van der Waals surface area contributed by atoms with Crippen molar-refractivity contribution in [2.45, 2.75) is 49.2 Å².